The molecule has 0 N–H and O–H groups in total. The molecule has 1 unspecified atom stereocenters. The maximum absolute atomic E-state index is 12.8. The monoisotopic (exact) mass is 391 g/mol. The highest BCUT2D eigenvalue weighted by Gasteiger charge is 2.39. The number of methoxy groups -OCH3 is 1. The lowest BCUT2D eigenvalue weighted by Gasteiger charge is -2.32. The van der Waals surface area contributed by atoms with Crippen molar-refractivity contribution in [2.24, 2.45) is 0 Å². The predicted octanol–water partition coefficient (Wildman–Crippen LogP) is 4.68. The molecular weight excluding hydrogens is 358 g/mol. The van der Waals surface area contributed by atoms with Gasteiger partial charge in [-0.05, 0) is 64.7 Å². The molecule has 0 aromatic heterocycles. The highest BCUT2D eigenvalue weighted by Crippen LogP contribution is 2.37. The van der Waals surface area contributed by atoms with E-state index in [4.69, 9.17) is 14.2 Å². The smallest absolute Gasteiger partial charge is 0.411 e. The van der Waals surface area contributed by atoms with Crippen LogP contribution in [-0.4, -0.2) is 49.2 Å². The summed E-state index contributed by atoms with van der Waals surface area (Å²) in [5.74, 6) is 0.549. The van der Waals surface area contributed by atoms with Crippen LogP contribution >= 0.6 is 0 Å². The second kappa shape index (κ2) is 9.41. The number of amides is 1. The van der Waals surface area contributed by atoms with Gasteiger partial charge in [0.15, 0.2) is 6.29 Å². The maximum atomic E-state index is 12.8. The summed E-state index contributed by atoms with van der Waals surface area (Å²) in [6.45, 7) is 10.5. The fourth-order valence-electron chi connectivity index (χ4n) is 3.14. The van der Waals surface area contributed by atoms with E-state index in [1.807, 2.05) is 51.7 Å². The van der Waals surface area contributed by atoms with E-state index in [1.54, 1.807) is 7.11 Å². The standard InChI is InChI=1S/C22H33NO5/c1-15-12-17(13-20(19(15)14-24)27-11-7-10-26-6)16(2)23(18-8-9-18)21(25)28-22(3,4)5/h12-14,16,18H,7-11H2,1-6H3. The van der Waals surface area contributed by atoms with E-state index in [1.165, 1.54) is 0 Å². The molecule has 1 saturated carbocycles. The van der Waals surface area contributed by atoms with E-state index in [-0.39, 0.29) is 18.2 Å². The molecule has 6 heteroatoms. The van der Waals surface area contributed by atoms with Crippen LogP contribution in [0.3, 0.4) is 0 Å². The topological polar surface area (TPSA) is 65.1 Å². The van der Waals surface area contributed by atoms with E-state index in [0.717, 1.165) is 36.7 Å². The summed E-state index contributed by atoms with van der Waals surface area (Å²) in [7, 11) is 1.65. The number of ether oxygens (including phenoxy) is 3. The average Bonchev–Trinajstić information content (AvgIpc) is 3.41. The number of carbonyl (C=O) groups excluding carboxylic acids is 2. The van der Waals surface area contributed by atoms with Crippen molar-refractivity contribution in [3.05, 3.63) is 28.8 Å². The number of aldehydes is 1. The van der Waals surface area contributed by atoms with E-state index < -0.39 is 5.60 Å². The minimum Gasteiger partial charge on any atom is -0.493 e. The quantitative estimate of drug-likeness (QED) is 0.452. The molecule has 0 spiro atoms. The number of carbonyl (C=O) groups is 2. The van der Waals surface area contributed by atoms with Crippen LogP contribution in [-0.2, 0) is 9.47 Å². The lowest BCUT2D eigenvalue weighted by Crippen LogP contribution is -2.39. The Morgan fingerprint density at radius 1 is 1.29 bits per heavy atom. The van der Waals surface area contributed by atoms with Gasteiger partial charge in [-0.15, -0.1) is 0 Å². The largest absolute Gasteiger partial charge is 0.493 e. The maximum Gasteiger partial charge on any atom is 0.411 e. The Morgan fingerprint density at radius 3 is 2.50 bits per heavy atom. The minimum absolute atomic E-state index is 0.178. The third kappa shape index (κ3) is 5.96. The van der Waals surface area contributed by atoms with Gasteiger partial charge >= 0.3 is 6.09 Å². The van der Waals surface area contributed by atoms with Crippen LogP contribution in [0.2, 0.25) is 0 Å². The number of hydrogen-bond acceptors (Lipinski definition) is 5. The van der Waals surface area contributed by atoms with Gasteiger partial charge in [-0.2, -0.15) is 0 Å². The van der Waals surface area contributed by atoms with Crippen molar-refractivity contribution in [1.82, 2.24) is 4.90 Å². The van der Waals surface area contributed by atoms with E-state index in [2.05, 4.69) is 0 Å². The Balaban J connectivity index is 2.26. The van der Waals surface area contributed by atoms with Crippen molar-refractivity contribution in [2.45, 2.75) is 71.6 Å². The number of aryl methyl sites for hydroxylation is 1. The first-order valence-corrected chi connectivity index (χ1v) is 9.90. The first-order valence-electron chi connectivity index (χ1n) is 9.90. The van der Waals surface area contributed by atoms with E-state index in [9.17, 15) is 9.59 Å². The molecule has 1 amide bonds. The van der Waals surface area contributed by atoms with Crippen molar-refractivity contribution >= 4 is 12.4 Å². The van der Waals surface area contributed by atoms with Gasteiger partial charge in [0.05, 0.1) is 18.2 Å². The summed E-state index contributed by atoms with van der Waals surface area (Å²) in [6.07, 6.45) is 3.22. The van der Waals surface area contributed by atoms with Crippen LogP contribution in [0.4, 0.5) is 4.79 Å². The second-order valence-electron chi connectivity index (χ2n) is 8.36. The van der Waals surface area contributed by atoms with Gasteiger partial charge in [-0.25, -0.2) is 4.79 Å². The van der Waals surface area contributed by atoms with E-state index in [0.29, 0.717) is 24.5 Å². The van der Waals surface area contributed by atoms with E-state index >= 15 is 0 Å². The fraction of sp³-hybridized carbons (Fsp3) is 0.636. The molecule has 2 rings (SSSR count). The molecule has 1 aliphatic rings. The average molecular weight is 392 g/mol. The number of rotatable bonds is 9. The Hall–Kier alpha value is -2.08. The molecule has 1 fully saturated rings. The predicted molar refractivity (Wildman–Crippen MR) is 108 cm³/mol. The third-order valence-electron chi connectivity index (χ3n) is 4.68. The summed E-state index contributed by atoms with van der Waals surface area (Å²) in [4.78, 5) is 26.2. The van der Waals surface area contributed by atoms with Gasteiger partial charge in [0, 0.05) is 26.2 Å². The van der Waals surface area contributed by atoms with Gasteiger partial charge in [0.2, 0.25) is 0 Å². The lowest BCUT2D eigenvalue weighted by atomic mass is 9.99. The molecule has 1 aromatic carbocycles. The van der Waals surface area contributed by atoms with Crippen molar-refractivity contribution < 1.29 is 23.8 Å². The SMILES string of the molecule is COCCCOc1cc(C(C)N(C(=O)OC(C)(C)C)C2CC2)cc(C)c1C=O. The molecule has 0 saturated heterocycles. The van der Waals surface area contributed by atoms with Crippen molar-refractivity contribution in [3.8, 4) is 5.75 Å². The van der Waals surface area contributed by atoms with Crippen LogP contribution in [0.1, 0.15) is 74.5 Å². The molecular formula is C22H33NO5. The molecule has 0 bridgehead atoms. The van der Waals surface area contributed by atoms with Crippen molar-refractivity contribution in [1.29, 1.82) is 0 Å². The Bertz CT molecular complexity index is 691. The highest BCUT2D eigenvalue weighted by molar-refractivity contribution is 5.82. The normalized spacial score (nSPS) is 15.1. The molecule has 0 heterocycles. The lowest BCUT2D eigenvalue weighted by molar-refractivity contribution is 0.0153. The minimum atomic E-state index is -0.545. The second-order valence-corrected chi connectivity index (χ2v) is 8.36. The third-order valence-corrected chi connectivity index (χ3v) is 4.68. The highest BCUT2D eigenvalue weighted by atomic mass is 16.6. The molecule has 1 atom stereocenters. The molecule has 0 radical (unpaired) electrons. The number of benzene rings is 1. The summed E-state index contributed by atoms with van der Waals surface area (Å²) < 4.78 is 16.5. The molecule has 156 valence electrons. The zero-order valence-corrected chi connectivity index (χ0v) is 17.9. The summed E-state index contributed by atoms with van der Waals surface area (Å²) >= 11 is 0. The van der Waals surface area contributed by atoms with Crippen LogP contribution in [0.25, 0.3) is 0 Å². The fourth-order valence-corrected chi connectivity index (χ4v) is 3.14. The Kier molecular flexibility index (Phi) is 7.47. The Morgan fingerprint density at radius 2 is 1.96 bits per heavy atom. The summed E-state index contributed by atoms with van der Waals surface area (Å²) in [5, 5.41) is 0. The number of nitrogens with zero attached hydrogens (tertiary/aromatic N) is 1. The molecule has 1 aromatic rings. The zero-order chi connectivity index (χ0) is 20.9. The van der Waals surface area contributed by atoms with Crippen LogP contribution < -0.4 is 4.74 Å². The molecule has 28 heavy (non-hydrogen) atoms. The number of hydrogen-bond donors (Lipinski definition) is 0. The van der Waals surface area contributed by atoms with Gasteiger partial charge < -0.3 is 14.2 Å². The van der Waals surface area contributed by atoms with Crippen molar-refractivity contribution in [2.75, 3.05) is 20.3 Å². The van der Waals surface area contributed by atoms with Gasteiger partial charge in [0.1, 0.15) is 11.4 Å². The van der Waals surface area contributed by atoms with Gasteiger partial charge in [0.25, 0.3) is 0 Å². The van der Waals surface area contributed by atoms with Crippen LogP contribution in [0.15, 0.2) is 12.1 Å². The van der Waals surface area contributed by atoms with Crippen LogP contribution in [0.5, 0.6) is 5.75 Å². The Labute approximate surface area is 168 Å². The summed E-state index contributed by atoms with van der Waals surface area (Å²) in [5.41, 5.74) is 1.77. The van der Waals surface area contributed by atoms with Crippen molar-refractivity contribution in [3.63, 3.8) is 0 Å². The first kappa shape index (κ1) is 22.2. The van der Waals surface area contributed by atoms with Crippen LogP contribution in [0, 0.1) is 6.92 Å². The first-order chi connectivity index (χ1) is 13.2. The van der Waals surface area contributed by atoms with Gasteiger partial charge in [-0.1, -0.05) is 6.07 Å². The molecule has 6 nitrogen and oxygen atoms in total. The molecule has 0 aliphatic heterocycles. The zero-order valence-electron chi connectivity index (χ0n) is 17.9. The summed E-state index contributed by atoms with van der Waals surface area (Å²) in [6, 6.07) is 3.84. The van der Waals surface area contributed by atoms with Gasteiger partial charge in [-0.3, -0.25) is 9.69 Å². The molecule has 1 aliphatic carbocycles.